The van der Waals surface area contributed by atoms with E-state index in [0.29, 0.717) is 29.6 Å². The zero-order valence-corrected chi connectivity index (χ0v) is 41.4. The topological polar surface area (TPSA) is 175 Å². The molecule has 5 aliphatic carbocycles. The Labute approximate surface area is 405 Å². The Morgan fingerprint density at radius 2 is 1.25 bits per heavy atom. The second-order valence-corrected chi connectivity index (χ2v) is 22.1. The predicted molar refractivity (Wildman–Crippen MR) is 262 cm³/mol. The Morgan fingerprint density at radius 1 is 0.667 bits per heavy atom. The molecule has 11 unspecified atom stereocenters. The summed E-state index contributed by atoms with van der Waals surface area (Å²) in [5, 5.41) is 5.65. The summed E-state index contributed by atoms with van der Waals surface area (Å²) in [7, 11) is 2.66. The van der Waals surface area contributed by atoms with E-state index in [2.05, 4.69) is 51.8 Å². The van der Waals surface area contributed by atoms with E-state index in [1.165, 1.54) is 90.8 Å². The Kier molecular flexibility index (Phi) is 11.9. The van der Waals surface area contributed by atoms with Crippen LogP contribution in [-0.4, -0.2) is 92.1 Å². The van der Waals surface area contributed by atoms with Crippen LogP contribution in [0.25, 0.3) is 33.6 Å². The van der Waals surface area contributed by atoms with Crippen molar-refractivity contribution in [2.45, 2.75) is 172 Å². The lowest BCUT2D eigenvalue weighted by Crippen LogP contribution is -2.56. The zero-order chi connectivity index (χ0) is 48.0. The number of aromatic nitrogens is 4. The number of nitrogens with one attached hydrogen (secondary N) is 4. The van der Waals surface area contributed by atoms with Gasteiger partial charge in [0.2, 0.25) is 11.8 Å². The number of H-pyrrole nitrogens is 2. The van der Waals surface area contributed by atoms with Crippen LogP contribution in [0.15, 0.2) is 36.7 Å². The molecule has 14 heteroatoms. The Morgan fingerprint density at radius 3 is 1.87 bits per heavy atom. The van der Waals surface area contributed by atoms with Crippen LogP contribution in [0.2, 0.25) is 0 Å². The van der Waals surface area contributed by atoms with Gasteiger partial charge in [-0.3, -0.25) is 9.59 Å². The third kappa shape index (κ3) is 7.55. The maximum atomic E-state index is 14.4. The van der Waals surface area contributed by atoms with Crippen molar-refractivity contribution in [2.24, 2.45) is 23.7 Å². The predicted octanol–water partition coefficient (Wildman–Crippen LogP) is 10.2. The summed E-state index contributed by atoms with van der Waals surface area (Å²) in [6, 6.07) is 7.85. The van der Waals surface area contributed by atoms with Gasteiger partial charge in [0.05, 0.1) is 50.1 Å². The van der Waals surface area contributed by atoms with Crippen LogP contribution in [0, 0.1) is 23.7 Å². The molecule has 14 nitrogen and oxygen atoms in total. The van der Waals surface area contributed by atoms with Gasteiger partial charge in [0, 0.05) is 23.2 Å². The van der Waals surface area contributed by atoms with Crippen molar-refractivity contribution in [1.82, 2.24) is 40.4 Å². The maximum Gasteiger partial charge on any atom is 0.407 e. The number of methoxy groups -OCH3 is 2. The van der Waals surface area contributed by atoms with E-state index in [9.17, 15) is 19.2 Å². The molecule has 2 aromatic heterocycles. The van der Waals surface area contributed by atoms with Crippen LogP contribution < -0.4 is 10.6 Å². The summed E-state index contributed by atoms with van der Waals surface area (Å²) in [5.74, 6) is 3.78. The van der Waals surface area contributed by atoms with Gasteiger partial charge >= 0.3 is 12.2 Å². The van der Waals surface area contributed by atoms with Crippen molar-refractivity contribution in [2.75, 3.05) is 14.2 Å². The van der Waals surface area contributed by atoms with Gasteiger partial charge in [-0.25, -0.2) is 19.6 Å². The molecule has 11 rings (SSSR count). The molecule has 2 saturated heterocycles. The molecule has 0 spiro atoms. The normalized spacial score (nSPS) is 28.0. The minimum absolute atomic E-state index is 0.0488. The van der Waals surface area contributed by atoms with E-state index in [1.54, 1.807) is 0 Å². The number of benzene rings is 2. The van der Waals surface area contributed by atoms with Gasteiger partial charge in [-0.1, -0.05) is 58.9 Å². The van der Waals surface area contributed by atoms with Crippen molar-refractivity contribution in [3.8, 4) is 33.6 Å². The van der Waals surface area contributed by atoms with Crippen molar-refractivity contribution < 1.29 is 28.7 Å². The number of hydrogen-bond donors (Lipinski definition) is 4. The first-order chi connectivity index (χ1) is 33.4. The maximum absolute atomic E-state index is 14.4. The van der Waals surface area contributed by atoms with Crippen LogP contribution >= 0.6 is 0 Å². The Balaban J connectivity index is 0.918. The van der Waals surface area contributed by atoms with E-state index >= 15 is 0 Å². The molecule has 69 heavy (non-hydrogen) atoms. The molecule has 4 bridgehead atoms. The molecule has 2 aromatic carbocycles. The number of carbonyl (C=O) groups is 4. The number of nitrogens with zero attached hydrogens (tertiary/aromatic N) is 4. The fraction of sp³-hybridized carbons (Fsp3) is 0.600. The van der Waals surface area contributed by atoms with E-state index in [4.69, 9.17) is 19.4 Å². The summed E-state index contributed by atoms with van der Waals surface area (Å²) < 4.78 is 9.84. The average Bonchev–Trinajstić information content (AvgIpc) is 4.23. The number of amides is 4. The average molecular weight is 939 g/mol. The molecule has 366 valence electrons. The van der Waals surface area contributed by atoms with Gasteiger partial charge < -0.3 is 39.9 Å². The molecule has 4 N–H and O–H groups in total. The molecule has 7 aliphatic rings. The number of carbonyl (C=O) groups excluding carboxylic acids is 4. The van der Waals surface area contributed by atoms with Crippen LogP contribution in [0.4, 0.5) is 9.59 Å². The number of fused-ring (bicyclic) bond motifs is 10. The first-order valence-electron chi connectivity index (χ1n) is 26.2. The molecule has 0 radical (unpaired) electrons. The zero-order valence-electron chi connectivity index (χ0n) is 41.4. The van der Waals surface area contributed by atoms with E-state index in [0.717, 1.165) is 74.4 Å². The highest BCUT2D eigenvalue weighted by Gasteiger charge is 2.52. The number of hydrogen-bond acceptors (Lipinski definition) is 8. The largest absolute Gasteiger partial charge is 0.453 e. The van der Waals surface area contributed by atoms with Crippen molar-refractivity contribution in [3.05, 3.63) is 70.6 Å². The summed E-state index contributed by atoms with van der Waals surface area (Å²) in [6.45, 7) is 9.98. The number of aromatic amines is 2. The summed E-state index contributed by atoms with van der Waals surface area (Å²) in [6.07, 6.45) is 16.4. The number of likely N-dealkylation sites (tertiary alicyclic amines) is 2. The van der Waals surface area contributed by atoms with Crippen LogP contribution in [-0.2, 0) is 25.5 Å². The van der Waals surface area contributed by atoms with Crippen LogP contribution in [0.1, 0.15) is 175 Å². The SMILES string of the molecule is CCC1CCCC(c2ncc(-c3ccc(-c4ccc(-c5cnc(C6C7CCC(C7)N6C(=O)C(NC(=O)OC)C(C)C)[nH]5)c5c4C4CCC5C4)c4c3C3CCC3C4)[nH]2)N1C(=O)C(NC(=O)OC)C(C)C. The second-order valence-electron chi connectivity index (χ2n) is 22.1. The van der Waals surface area contributed by atoms with Crippen molar-refractivity contribution in [1.29, 1.82) is 0 Å². The second kappa shape index (κ2) is 17.9. The summed E-state index contributed by atoms with van der Waals surface area (Å²) in [4.78, 5) is 75.2. The van der Waals surface area contributed by atoms with Gasteiger partial charge in [0.25, 0.3) is 0 Å². The monoisotopic (exact) mass is 939 g/mol. The number of rotatable bonds is 12. The van der Waals surface area contributed by atoms with E-state index in [-0.39, 0.29) is 47.8 Å². The highest BCUT2D eigenvalue weighted by atomic mass is 16.5. The minimum Gasteiger partial charge on any atom is -0.453 e. The Bertz CT molecular complexity index is 2670. The lowest BCUT2D eigenvalue weighted by molar-refractivity contribution is -0.142. The first-order valence-corrected chi connectivity index (χ1v) is 26.2. The van der Waals surface area contributed by atoms with Gasteiger partial charge in [-0.05, 0) is 158 Å². The summed E-state index contributed by atoms with van der Waals surface area (Å²) >= 11 is 0. The van der Waals surface area contributed by atoms with E-state index < -0.39 is 24.3 Å². The molecule has 11 atom stereocenters. The molecule has 2 aliphatic heterocycles. The standard InChI is InChI=1S/C55H70N8O6/c1-8-33-10-9-11-43(62(33)52(64)47(27(2)3)60-54(66)68-6)50-56-25-42(58-50)39-20-18-36(40-24-29-15-17-35(29)46(39)40)37-19-21-38(45-31-13-12-30(22-31)44(37)45)41-26-57-51(59-41)49-32-14-16-34(23-32)63(49)53(65)48(28(4)5)61-55(67)69-7/h18-21,25-35,43,47-49H,8-17,22-24H2,1-7H3,(H,56,58)(H,57,59)(H,60,66)(H,61,67). The highest BCUT2D eigenvalue weighted by molar-refractivity contribution is 5.88. The smallest absolute Gasteiger partial charge is 0.407 e. The van der Waals surface area contributed by atoms with Crippen molar-refractivity contribution in [3.63, 3.8) is 0 Å². The third-order valence-corrected chi connectivity index (χ3v) is 17.9. The van der Waals surface area contributed by atoms with Gasteiger partial charge in [-0.2, -0.15) is 0 Å². The first kappa shape index (κ1) is 45.8. The Hall–Kier alpha value is -5.66. The molecule has 5 fully saturated rings. The molecular formula is C55H70N8O6. The number of ether oxygens (including phenoxy) is 2. The van der Waals surface area contributed by atoms with Gasteiger partial charge in [-0.15, -0.1) is 0 Å². The fourth-order valence-electron chi connectivity index (χ4n) is 14.5. The molecule has 3 saturated carbocycles. The molecule has 4 amide bonds. The van der Waals surface area contributed by atoms with E-state index in [1.807, 2.05) is 49.9 Å². The lowest BCUT2D eigenvalue weighted by Gasteiger charge is -2.43. The van der Waals surface area contributed by atoms with Crippen LogP contribution in [0.3, 0.4) is 0 Å². The molecular weight excluding hydrogens is 869 g/mol. The summed E-state index contributed by atoms with van der Waals surface area (Å²) in [5.41, 5.74) is 13.1. The quantitative estimate of drug-likeness (QED) is 0.109. The molecule has 4 aromatic rings. The molecule has 4 heterocycles. The number of imidazole rings is 2. The lowest BCUT2D eigenvalue weighted by atomic mass is 9.73. The highest BCUT2D eigenvalue weighted by Crippen LogP contribution is 2.61. The van der Waals surface area contributed by atoms with Gasteiger partial charge in [0.1, 0.15) is 23.7 Å². The minimum atomic E-state index is -0.701. The third-order valence-electron chi connectivity index (χ3n) is 17.9. The fourth-order valence-corrected chi connectivity index (χ4v) is 14.5. The number of alkyl carbamates (subject to hydrolysis) is 2. The van der Waals surface area contributed by atoms with Gasteiger partial charge in [0.15, 0.2) is 0 Å². The van der Waals surface area contributed by atoms with Crippen molar-refractivity contribution >= 4 is 24.0 Å². The number of piperidine rings is 2. The van der Waals surface area contributed by atoms with Crippen LogP contribution in [0.5, 0.6) is 0 Å².